The van der Waals surface area contributed by atoms with Gasteiger partial charge in [-0.15, -0.1) is 0 Å². The molecule has 1 heteroatoms. The van der Waals surface area contributed by atoms with Crippen LogP contribution in [0, 0.1) is 5.92 Å². The average molecular weight is 235 g/mol. The predicted molar refractivity (Wildman–Crippen MR) is 75.5 cm³/mol. The van der Waals surface area contributed by atoms with Gasteiger partial charge in [0.25, 0.3) is 0 Å². The first kappa shape index (κ1) is 10.2. The van der Waals surface area contributed by atoms with Crippen molar-refractivity contribution >= 4 is 5.69 Å². The summed E-state index contributed by atoms with van der Waals surface area (Å²) >= 11 is 0. The van der Waals surface area contributed by atoms with Crippen LogP contribution in [0.2, 0.25) is 0 Å². The van der Waals surface area contributed by atoms with Gasteiger partial charge in [0.1, 0.15) is 0 Å². The molecule has 0 spiro atoms. The number of nitrogens with two attached hydrogens (primary N) is 1. The molecule has 1 fully saturated rings. The maximum Gasteiger partial charge on any atom is 0.0388 e. The highest BCUT2D eigenvalue weighted by Gasteiger charge is 2.25. The molecule has 0 heterocycles. The summed E-state index contributed by atoms with van der Waals surface area (Å²) in [7, 11) is 0. The van der Waals surface area contributed by atoms with Crippen LogP contribution in [0.15, 0.2) is 36.4 Å². The second-order valence-corrected chi connectivity index (χ2v) is 5.65. The van der Waals surface area contributed by atoms with Gasteiger partial charge in [0, 0.05) is 12.1 Å². The molecule has 0 bridgehead atoms. The van der Waals surface area contributed by atoms with E-state index in [4.69, 9.17) is 5.73 Å². The number of fused-ring (bicyclic) bond motifs is 3. The minimum atomic E-state index is 0.897. The normalized spacial score (nSPS) is 16.4. The third kappa shape index (κ3) is 1.47. The summed E-state index contributed by atoms with van der Waals surface area (Å²) < 4.78 is 0. The summed E-state index contributed by atoms with van der Waals surface area (Å²) in [6, 6.07) is 13.2. The molecule has 2 aromatic rings. The van der Waals surface area contributed by atoms with Gasteiger partial charge in [0.15, 0.2) is 0 Å². The summed E-state index contributed by atoms with van der Waals surface area (Å²) in [5.74, 6) is 0.897. The van der Waals surface area contributed by atoms with Gasteiger partial charge in [0.2, 0.25) is 0 Å². The van der Waals surface area contributed by atoms with Crippen molar-refractivity contribution in [2.24, 2.45) is 5.92 Å². The average Bonchev–Trinajstić information content (AvgIpc) is 3.12. The molecule has 0 atom stereocenters. The number of anilines is 1. The van der Waals surface area contributed by atoms with Gasteiger partial charge in [0.05, 0.1) is 0 Å². The monoisotopic (exact) mass is 235 g/mol. The van der Waals surface area contributed by atoms with Crippen LogP contribution < -0.4 is 5.73 Å². The molecule has 0 radical (unpaired) electrons. The Morgan fingerprint density at radius 1 is 1.00 bits per heavy atom. The molecule has 90 valence electrons. The van der Waals surface area contributed by atoms with Crippen LogP contribution in [0.5, 0.6) is 0 Å². The Morgan fingerprint density at radius 3 is 2.67 bits per heavy atom. The molecule has 1 saturated carbocycles. The molecule has 2 aromatic carbocycles. The zero-order valence-electron chi connectivity index (χ0n) is 10.4. The van der Waals surface area contributed by atoms with Gasteiger partial charge in [-0.1, -0.05) is 36.4 Å². The second kappa shape index (κ2) is 3.61. The summed E-state index contributed by atoms with van der Waals surface area (Å²) in [6.45, 7) is 0. The van der Waals surface area contributed by atoms with E-state index in [0.717, 1.165) is 18.0 Å². The number of hydrogen-bond donors (Lipinski definition) is 1. The van der Waals surface area contributed by atoms with E-state index in [0.29, 0.717) is 0 Å². The smallest absolute Gasteiger partial charge is 0.0388 e. The fourth-order valence-electron chi connectivity index (χ4n) is 3.09. The summed E-state index contributed by atoms with van der Waals surface area (Å²) in [6.07, 6.45) is 4.96. The third-order valence-electron chi connectivity index (χ3n) is 4.33. The SMILES string of the molecule is Nc1c(CC2CC2)ccc2c1Cc1ccccc1-2. The van der Waals surface area contributed by atoms with Crippen LogP contribution in [-0.4, -0.2) is 0 Å². The lowest BCUT2D eigenvalue weighted by atomic mass is 9.98. The first-order valence-electron chi connectivity index (χ1n) is 6.81. The third-order valence-corrected chi connectivity index (χ3v) is 4.33. The molecule has 1 nitrogen and oxygen atoms in total. The molecular weight excluding hydrogens is 218 g/mol. The van der Waals surface area contributed by atoms with Crippen molar-refractivity contribution in [2.45, 2.75) is 25.7 Å². The lowest BCUT2D eigenvalue weighted by Gasteiger charge is -2.10. The Kier molecular flexibility index (Phi) is 2.05. The Bertz CT molecular complexity index is 624. The van der Waals surface area contributed by atoms with E-state index >= 15 is 0 Å². The zero-order chi connectivity index (χ0) is 12.1. The minimum Gasteiger partial charge on any atom is -0.398 e. The van der Waals surface area contributed by atoms with E-state index in [1.54, 1.807) is 0 Å². The molecule has 0 aromatic heterocycles. The predicted octanol–water partition coefficient (Wildman–Crippen LogP) is 3.79. The fraction of sp³-hybridized carbons (Fsp3) is 0.294. The highest BCUT2D eigenvalue weighted by atomic mass is 14.6. The standard InChI is InChI=1S/C17H17N/c18-17-13(9-11-5-6-11)7-8-15-14-4-2-1-3-12(14)10-16(15)17/h1-4,7-8,11H,5-6,9-10,18H2. The summed E-state index contributed by atoms with van der Waals surface area (Å²) in [4.78, 5) is 0. The summed E-state index contributed by atoms with van der Waals surface area (Å²) in [5, 5.41) is 0. The maximum absolute atomic E-state index is 6.39. The Morgan fingerprint density at radius 2 is 1.83 bits per heavy atom. The van der Waals surface area contributed by atoms with Gasteiger partial charge in [-0.2, -0.15) is 0 Å². The van der Waals surface area contributed by atoms with Gasteiger partial charge in [-0.3, -0.25) is 0 Å². The zero-order valence-corrected chi connectivity index (χ0v) is 10.4. The van der Waals surface area contributed by atoms with Crippen molar-refractivity contribution in [2.75, 3.05) is 5.73 Å². The van der Waals surface area contributed by atoms with Crippen molar-refractivity contribution in [3.05, 3.63) is 53.1 Å². The van der Waals surface area contributed by atoms with E-state index in [1.807, 2.05) is 0 Å². The largest absolute Gasteiger partial charge is 0.398 e. The molecule has 0 aliphatic heterocycles. The first-order chi connectivity index (χ1) is 8.83. The maximum atomic E-state index is 6.39. The molecule has 18 heavy (non-hydrogen) atoms. The van der Waals surface area contributed by atoms with E-state index in [2.05, 4.69) is 36.4 Å². The highest BCUT2D eigenvalue weighted by molar-refractivity contribution is 5.82. The van der Waals surface area contributed by atoms with Crippen LogP contribution in [0.1, 0.15) is 29.5 Å². The molecular formula is C17H17N. The molecule has 0 unspecified atom stereocenters. The molecule has 4 rings (SSSR count). The number of rotatable bonds is 2. The number of benzene rings is 2. The quantitative estimate of drug-likeness (QED) is 0.672. The second-order valence-electron chi connectivity index (χ2n) is 5.65. The van der Waals surface area contributed by atoms with Crippen LogP contribution >= 0.6 is 0 Å². The van der Waals surface area contributed by atoms with Crippen LogP contribution in [0.4, 0.5) is 5.69 Å². The van der Waals surface area contributed by atoms with Crippen LogP contribution in [-0.2, 0) is 12.8 Å². The van der Waals surface area contributed by atoms with Crippen molar-refractivity contribution < 1.29 is 0 Å². The molecule has 0 amide bonds. The number of nitrogen functional groups attached to an aromatic ring is 1. The van der Waals surface area contributed by atoms with E-state index in [1.165, 1.54) is 47.1 Å². The molecule has 2 aliphatic carbocycles. The first-order valence-corrected chi connectivity index (χ1v) is 6.81. The van der Waals surface area contributed by atoms with E-state index < -0.39 is 0 Å². The van der Waals surface area contributed by atoms with E-state index in [-0.39, 0.29) is 0 Å². The lowest BCUT2D eigenvalue weighted by molar-refractivity contribution is 0.833. The number of hydrogen-bond acceptors (Lipinski definition) is 1. The van der Waals surface area contributed by atoms with Crippen molar-refractivity contribution in [3.8, 4) is 11.1 Å². The van der Waals surface area contributed by atoms with Gasteiger partial charge >= 0.3 is 0 Å². The Balaban J connectivity index is 1.81. The topological polar surface area (TPSA) is 26.0 Å². The Hall–Kier alpha value is -1.76. The van der Waals surface area contributed by atoms with Gasteiger partial charge in [-0.25, -0.2) is 0 Å². The minimum absolute atomic E-state index is 0.897. The van der Waals surface area contributed by atoms with Crippen molar-refractivity contribution in [1.82, 2.24) is 0 Å². The molecule has 2 aliphatic rings. The van der Waals surface area contributed by atoms with Crippen LogP contribution in [0.3, 0.4) is 0 Å². The summed E-state index contributed by atoms with van der Waals surface area (Å²) in [5.41, 5.74) is 14.3. The van der Waals surface area contributed by atoms with Gasteiger partial charge in [-0.05, 0) is 53.0 Å². The highest BCUT2D eigenvalue weighted by Crippen LogP contribution is 2.42. The molecule has 2 N–H and O–H groups in total. The Labute approximate surface area is 108 Å². The van der Waals surface area contributed by atoms with Crippen molar-refractivity contribution in [1.29, 1.82) is 0 Å². The van der Waals surface area contributed by atoms with Crippen molar-refractivity contribution in [3.63, 3.8) is 0 Å². The molecule has 0 saturated heterocycles. The van der Waals surface area contributed by atoms with Gasteiger partial charge < -0.3 is 5.73 Å². The van der Waals surface area contributed by atoms with E-state index in [9.17, 15) is 0 Å². The fourth-order valence-corrected chi connectivity index (χ4v) is 3.09. The lowest BCUT2D eigenvalue weighted by Crippen LogP contribution is -2.00. The van der Waals surface area contributed by atoms with Crippen LogP contribution in [0.25, 0.3) is 11.1 Å².